The van der Waals surface area contributed by atoms with Crippen LogP contribution < -0.4 is 5.73 Å². The normalized spacial score (nSPS) is 10.7. The lowest BCUT2D eigenvalue weighted by molar-refractivity contribution is 0.627. The van der Waals surface area contributed by atoms with E-state index in [2.05, 4.69) is 15.2 Å². The predicted octanol–water partition coefficient (Wildman–Crippen LogP) is 3.17. The Bertz CT molecular complexity index is 750. The molecule has 0 fully saturated rings. The van der Waals surface area contributed by atoms with E-state index in [4.69, 9.17) is 5.73 Å². The quantitative estimate of drug-likeness (QED) is 0.750. The Kier molecular flexibility index (Phi) is 2.95. The number of rotatable bonds is 2. The zero-order chi connectivity index (χ0) is 14.1. The second-order valence-electron chi connectivity index (χ2n) is 4.56. The molecule has 0 spiro atoms. The molecule has 3 rings (SSSR count). The number of nitrogen functional groups attached to an aromatic ring is 1. The van der Waals surface area contributed by atoms with Crippen LogP contribution in [0.2, 0.25) is 0 Å². The lowest BCUT2D eigenvalue weighted by atomic mass is 9.99. The van der Waals surface area contributed by atoms with Crippen LogP contribution in [0.1, 0.15) is 5.56 Å². The van der Waals surface area contributed by atoms with E-state index < -0.39 is 0 Å². The number of pyridine rings is 1. The first kappa shape index (κ1) is 12.3. The van der Waals surface area contributed by atoms with Crippen molar-refractivity contribution < 1.29 is 4.39 Å². The molecule has 0 radical (unpaired) electrons. The average Bonchev–Trinajstić information content (AvgIpc) is 2.81. The predicted molar refractivity (Wildman–Crippen MR) is 76.4 cm³/mol. The zero-order valence-electron chi connectivity index (χ0n) is 10.9. The van der Waals surface area contributed by atoms with Crippen molar-refractivity contribution >= 4 is 5.82 Å². The van der Waals surface area contributed by atoms with Crippen LogP contribution in [0, 0.1) is 12.7 Å². The maximum Gasteiger partial charge on any atom is 0.153 e. The highest BCUT2D eigenvalue weighted by molar-refractivity contribution is 5.88. The third-order valence-electron chi connectivity index (χ3n) is 3.20. The molecular formula is C15H13FN4. The number of benzene rings is 1. The highest BCUT2D eigenvalue weighted by Gasteiger charge is 2.16. The number of hydrogen-bond donors (Lipinski definition) is 2. The lowest BCUT2D eigenvalue weighted by Crippen LogP contribution is -1.91. The number of nitrogens with two attached hydrogens (primary N) is 1. The van der Waals surface area contributed by atoms with E-state index in [0.717, 1.165) is 27.9 Å². The van der Waals surface area contributed by atoms with E-state index in [9.17, 15) is 4.39 Å². The second-order valence-corrected chi connectivity index (χ2v) is 4.56. The van der Waals surface area contributed by atoms with E-state index in [0.29, 0.717) is 5.82 Å². The molecule has 1 aromatic carbocycles. The number of anilines is 1. The molecule has 2 aromatic heterocycles. The molecule has 0 bridgehead atoms. The van der Waals surface area contributed by atoms with Gasteiger partial charge in [0.25, 0.3) is 0 Å². The van der Waals surface area contributed by atoms with Gasteiger partial charge in [-0.05, 0) is 36.8 Å². The van der Waals surface area contributed by atoms with Crippen LogP contribution in [0.15, 0.2) is 42.7 Å². The molecule has 0 amide bonds. The van der Waals surface area contributed by atoms with Crippen molar-refractivity contribution in [3.63, 3.8) is 0 Å². The maximum atomic E-state index is 13.2. The van der Waals surface area contributed by atoms with Gasteiger partial charge in [-0.3, -0.25) is 10.1 Å². The molecule has 0 aliphatic rings. The number of H-pyrrole nitrogens is 1. The third-order valence-corrected chi connectivity index (χ3v) is 3.20. The Hall–Kier alpha value is -2.69. The number of halogens is 1. The number of aryl methyl sites for hydroxylation is 1. The fourth-order valence-electron chi connectivity index (χ4n) is 2.26. The zero-order valence-corrected chi connectivity index (χ0v) is 10.9. The molecule has 0 unspecified atom stereocenters. The fraction of sp³-hybridized carbons (Fsp3) is 0.0667. The van der Waals surface area contributed by atoms with Crippen LogP contribution in [0.5, 0.6) is 0 Å². The standard InChI is InChI=1S/C15H13FN4/c1-9-7-11(16)4-5-12(9)14-13(15(17)20-19-14)10-3-2-6-18-8-10/h2-8H,1H3,(H3,17,19,20). The topological polar surface area (TPSA) is 67.6 Å². The summed E-state index contributed by atoms with van der Waals surface area (Å²) in [6.07, 6.45) is 3.42. The van der Waals surface area contributed by atoms with Crippen molar-refractivity contribution in [3.05, 3.63) is 54.1 Å². The van der Waals surface area contributed by atoms with Gasteiger partial charge in [-0.2, -0.15) is 5.10 Å². The summed E-state index contributed by atoms with van der Waals surface area (Å²) >= 11 is 0. The van der Waals surface area contributed by atoms with E-state index in [1.807, 2.05) is 19.1 Å². The van der Waals surface area contributed by atoms with E-state index >= 15 is 0 Å². The van der Waals surface area contributed by atoms with Crippen LogP contribution in [-0.2, 0) is 0 Å². The van der Waals surface area contributed by atoms with Gasteiger partial charge in [0.15, 0.2) is 5.82 Å². The molecule has 0 aliphatic heterocycles. The van der Waals surface area contributed by atoms with Crippen LogP contribution in [0.4, 0.5) is 10.2 Å². The van der Waals surface area contributed by atoms with Crippen molar-refractivity contribution in [1.82, 2.24) is 15.2 Å². The van der Waals surface area contributed by atoms with Crippen molar-refractivity contribution in [2.45, 2.75) is 6.92 Å². The second kappa shape index (κ2) is 4.77. The molecule has 0 atom stereocenters. The summed E-state index contributed by atoms with van der Waals surface area (Å²) in [5.41, 5.74) is 10.1. The summed E-state index contributed by atoms with van der Waals surface area (Å²) in [7, 11) is 0. The molecule has 0 aliphatic carbocycles. The van der Waals surface area contributed by atoms with Gasteiger partial charge in [-0.15, -0.1) is 0 Å². The molecule has 3 aromatic rings. The summed E-state index contributed by atoms with van der Waals surface area (Å²) in [5.74, 6) is 0.137. The van der Waals surface area contributed by atoms with Crippen molar-refractivity contribution in [3.8, 4) is 22.4 Å². The van der Waals surface area contributed by atoms with Crippen LogP contribution >= 0.6 is 0 Å². The Labute approximate surface area is 115 Å². The highest BCUT2D eigenvalue weighted by atomic mass is 19.1. The van der Waals surface area contributed by atoms with Gasteiger partial charge < -0.3 is 5.73 Å². The van der Waals surface area contributed by atoms with Gasteiger partial charge >= 0.3 is 0 Å². The Morgan fingerprint density at radius 3 is 2.80 bits per heavy atom. The minimum atomic E-state index is -0.262. The molecule has 2 heterocycles. The Balaban J connectivity index is 2.21. The number of aromatic nitrogens is 3. The van der Waals surface area contributed by atoms with E-state index in [1.54, 1.807) is 18.5 Å². The van der Waals surface area contributed by atoms with Gasteiger partial charge in [0.05, 0.1) is 11.3 Å². The van der Waals surface area contributed by atoms with Gasteiger partial charge in [0, 0.05) is 23.5 Å². The third kappa shape index (κ3) is 2.03. The molecule has 5 heteroatoms. The summed E-state index contributed by atoms with van der Waals surface area (Å²) < 4.78 is 13.2. The van der Waals surface area contributed by atoms with Gasteiger partial charge in [-0.25, -0.2) is 4.39 Å². The van der Waals surface area contributed by atoms with E-state index in [1.165, 1.54) is 12.1 Å². The molecular weight excluding hydrogens is 255 g/mol. The highest BCUT2D eigenvalue weighted by Crippen LogP contribution is 2.35. The largest absolute Gasteiger partial charge is 0.382 e. The van der Waals surface area contributed by atoms with Gasteiger partial charge in [0.2, 0.25) is 0 Å². The SMILES string of the molecule is Cc1cc(F)ccc1-c1[nH]nc(N)c1-c1cccnc1. The minimum absolute atomic E-state index is 0.262. The monoisotopic (exact) mass is 268 g/mol. The molecule has 20 heavy (non-hydrogen) atoms. The maximum absolute atomic E-state index is 13.2. The van der Waals surface area contributed by atoms with Crippen molar-refractivity contribution in [1.29, 1.82) is 0 Å². The number of hydrogen-bond acceptors (Lipinski definition) is 3. The van der Waals surface area contributed by atoms with Crippen LogP contribution in [0.25, 0.3) is 22.4 Å². The van der Waals surface area contributed by atoms with Crippen molar-refractivity contribution in [2.24, 2.45) is 0 Å². The van der Waals surface area contributed by atoms with Crippen molar-refractivity contribution in [2.75, 3.05) is 5.73 Å². The molecule has 0 saturated heterocycles. The van der Waals surface area contributed by atoms with Gasteiger partial charge in [0.1, 0.15) is 5.82 Å². The molecule has 100 valence electrons. The van der Waals surface area contributed by atoms with Gasteiger partial charge in [-0.1, -0.05) is 6.07 Å². The molecule has 4 nitrogen and oxygen atoms in total. The molecule has 0 saturated carbocycles. The van der Waals surface area contributed by atoms with Crippen LogP contribution in [0.3, 0.4) is 0 Å². The fourth-order valence-corrected chi connectivity index (χ4v) is 2.26. The minimum Gasteiger partial charge on any atom is -0.382 e. The number of nitrogens with one attached hydrogen (secondary N) is 1. The first-order valence-electron chi connectivity index (χ1n) is 6.17. The first-order valence-corrected chi connectivity index (χ1v) is 6.17. The number of nitrogens with zero attached hydrogens (tertiary/aromatic N) is 2. The summed E-state index contributed by atoms with van der Waals surface area (Å²) in [5, 5.41) is 6.99. The Morgan fingerprint density at radius 1 is 1.25 bits per heavy atom. The average molecular weight is 268 g/mol. The van der Waals surface area contributed by atoms with Crippen LogP contribution in [-0.4, -0.2) is 15.2 Å². The first-order chi connectivity index (χ1) is 9.66. The number of aromatic amines is 1. The Morgan fingerprint density at radius 2 is 2.10 bits per heavy atom. The smallest absolute Gasteiger partial charge is 0.153 e. The van der Waals surface area contributed by atoms with E-state index in [-0.39, 0.29) is 5.82 Å². The molecule has 3 N–H and O–H groups in total. The summed E-state index contributed by atoms with van der Waals surface area (Å²) in [6.45, 7) is 1.85. The summed E-state index contributed by atoms with van der Waals surface area (Å²) in [4.78, 5) is 4.10. The lowest BCUT2D eigenvalue weighted by Gasteiger charge is -2.07. The summed E-state index contributed by atoms with van der Waals surface area (Å²) in [6, 6.07) is 8.38.